The van der Waals surface area contributed by atoms with Crippen LogP contribution in [0.1, 0.15) is 42.5 Å². The van der Waals surface area contributed by atoms with Gasteiger partial charge in [0, 0.05) is 17.3 Å². The summed E-state index contributed by atoms with van der Waals surface area (Å²) in [5.74, 6) is 2.17. The van der Waals surface area contributed by atoms with Crippen LogP contribution in [-0.2, 0) is 4.74 Å². The predicted molar refractivity (Wildman–Crippen MR) is 112 cm³/mol. The molecular weight excluding hydrogens is 364 g/mol. The third-order valence-electron chi connectivity index (χ3n) is 7.82. The lowest BCUT2D eigenvalue weighted by molar-refractivity contribution is -0.0628. The normalized spacial score (nSPS) is 34.8. The minimum atomic E-state index is -0.577. The molecule has 2 saturated carbocycles. The molecule has 2 saturated heterocycles. The number of esters is 1. The van der Waals surface area contributed by atoms with Crippen molar-refractivity contribution < 1.29 is 14.3 Å². The Labute approximate surface area is 170 Å². The molecule has 3 unspecified atom stereocenters. The van der Waals surface area contributed by atoms with Crippen LogP contribution in [0, 0.1) is 17.8 Å². The molecule has 150 valence electrons. The number of benzene rings is 2. The van der Waals surface area contributed by atoms with Crippen molar-refractivity contribution >= 4 is 28.6 Å². The summed E-state index contributed by atoms with van der Waals surface area (Å²) in [7, 11) is 3.60. The van der Waals surface area contributed by atoms with Crippen LogP contribution < -0.4 is 4.74 Å². The number of carbonyl (C=O) groups excluding carboxylic acids is 1. The van der Waals surface area contributed by atoms with E-state index in [0.717, 1.165) is 28.3 Å². The molecule has 3 heterocycles. The Bertz CT molecular complexity index is 1030. The summed E-state index contributed by atoms with van der Waals surface area (Å²) in [5.41, 5.74) is 0.633. The Balaban J connectivity index is 1.55. The highest BCUT2D eigenvalue weighted by Crippen LogP contribution is 2.55. The maximum absolute atomic E-state index is 12.7. The zero-order valence-corrected chi connectivity index (χ0v) is 16.9. The van der Waals surface area contributed by atoms with Gasteiger partial charge in [0.25, 0.3) is 0 Å². The number of hydrogen-bond donors (Lipinski definition) is 0. The van der Waals surface area contributed by atoms with Gasteiger partial charge < -0.3 is 9.47 Å². The van der Waals surface area contributed by atoms with Crippen molar-refractivity contribution in [2.75, 3.05) is 14.2 Å². The van der Waals surface area contributed by atoms with Gasteiger partial charge in [-0.25, -0.2) is 4.79 Å². The van der Waals surface area contributed by atoms with Crippen molar-refractivity contribution in [3.63, 3.8) is 0 Å². The fraction of sp³-hybridized carbons (Fsp3) is 0.500. The average Bonchev–Trinajstić information content (AvgIpc) is 2.86. The molecule has 5 heteroatoms. The molecule has 0 N–H and O–H groups in total. The zero-order chi connectivity index (χ0) is 19.8. The van der Waals surface area contributed by atoms with Gasteiger partial charge in [-0.1, -0.05) is 24.3 Å². The molecule has 5 nitrogen and oxygen atoms in total. The molecule has 5 aliphatic rings. The van der Waals surface area contributed by atoms with E-state index in [9.17, 15) is 4.79 Å². The summed E-state index contributed by atoms with van der Waals surface area (Å²) in [6, 6.07) is 10.4. The largest absolute Gasteiger partial charge is 0.465 e. The topological polar surface area (TPSA) is 51.1 Å². The van der Waals surface area contributed by atoms with E-state index in [4.69, 9.17) is 14.5 Å². The Kier molecular flexibility index (Phi) is 3.64. The summed E-state index contributed by atoms with van der Waals surface area (Å²) in [6.07, 6.45) is 8.26. The first-order valence-electron chi connectivity index (χ1n) is 10.7. The third-order valence-corrected chi connectivity index (χ3v) is 7.82. The fourth-order valence-electron chi connectivity index (χ4n) is 6.54. The number of hydrogen-bond acceptors (Lipinski definition) is 5. The van der Waals surface area contributed by atoms with Gasteiger partial charge in [-0.2, -0.15) is 0 Å². The quantitative estimate of drug-likeness (QED) is 0.670. The molecule has 29 heavy (non-hydrogen) atoms. The van der Waals surface area contributed by atoms with Gasteiger partial charge in [-0.15, -0.1) is 0 Å². The van der Waals surface area contributed by atoms with Gasteiger partial charge in [0.05, 0.1) is 13.3 Å². The minimum Gasteiger partial charge on any atom is -0.465 e. The van der Waals surface area contributed by atoms with Crippen LogP contribution >= 0.6 is 0 Å². The number of carbonyl (C=O) groups is 1. The van der Waals surface area contributed by atoms with Crippen molar-refractivity contribution in [2.24, 2.45) is 22.7 Å². The average molecular weight is 390 g/mol. The van der Waals surface area contributed by atoms with E-state index < -0.39 is 5.72 Å². The Morgan fingerprint density at radius 3 is 2.69 bits per heavy atom. The number of ether oxygens (including phenoxy) is 2. The third kappa shape index (κ3) is 2.37. The molecule has 0 aromatic heterocycles. The monoisotopic (exact) mass is 390 g/mol. The molecule has 1 spiro atoms. The SMILES string of the molecule is COC(=O)c1cc2ccccc2c2c1OC1(C=N2)C2C[C@H]3CC(C[C@@H](C2)C3)N1C. The number of aliphatic imine (C=N–C) groups is 1. The molecule has 5 atom stereocenters. The van der Waals surface area contributed by atoms with E-state index in [0.29, 0.717) is 23.3 Å². The number of methoxy groups -OCH3 is 1. The summed E-state index contributed by atoms with van der Waals surface area (Å²) in [5, 5.41) is 1.97. The second-order valence-corrected chi connectivity index (χ2v) is 9.30. The van der Waals surface area contributed by atoms with Gasteiger partial charge in [0.2, 0.25) is 5.72 Å². The molecule has 3 aliphatic heterocycles. The second kappa shape index (κ2) is 6.05. The van der Waals surface area contributed by atoms with Crippen molar-refractivity contribution in [1.29, 1.82) is 0 Å². The maximum Gasteiger partial charge on any atom is 0.341 e. The molecule has 4 bridgehead atoms. The fourth-order valence-corrected chi connectivity index (χ4v) is 6.54. The lowest BCUT2D eigenvalue weighted by atomic mass is 9.67. The summed E-state index contributed by atoms with van der Waals surface area (Å²) in [4.78, 5) is 20.1. The van der Waals surface area contributed by atoms with Gasteiger partial charge in [-0.05, 0) is 62.4 Å². The van der Waals surface area contributed by atoms with Crippen LogP contribution in [0.2, 0.25) is 0 Å². The predicted octanol–water partition coefficient (Wildman–Crippen LogP) is 4.56. The van der Waals surface area contributed by atoms with E-state index in [1.807, 2.05) is 36.5 Å². The van der Waals surface area contributed by atoms with Crippen LogP contribution in [0.15, 0.2) is 35.3 Å². The number of fused-ring (bicyclic) bond motifs is 3. The molecule has 2 aromatic rings. The van der Waals surface area contributed by atoms with Crippen molar-refractivity contribution in [2.45, 2.75) is 43.9 Å². The van der Waals surface area contributed by atoms with E-state index in [-0.39, 0.29) is 5.97 Å². The van der Waals surface area contributed by atoms with Crippen molar-refractivity contribution in [1.82, 2.24) is 4.90 Å². The molecular formula is C24H26N2O3. The molecule has 2 aromatic carbocycles. The van der Waals surface area contributed by atoms with Crippen LogP contribution in [0.5, 0.6) is 5.75 Å². The lowest BCUT2D eigenvalue weighted by Crippen LogP contribution is -2.59. The van der Waals surface area contributed by atoms with E-state index in [1.54, 1.807) is 0 Å². The Morgan fingerprint density at radius 1 is 1.17 bits per heavy atom. The molecule has 2 aliphatic carbocycles. The highest BCUT2D eigenvalue weighted by atomic mass is 16.5. The van der Waals surface area contributed by atoms with Gasteiger partial charge in [0.15, 0.2) is 5.75 Å². The van der Waals surface area contributed by atoms with Crippen LogP contribution in [0.4, 0.5) is 5.69 Å². The lowest BCUT2D eigenvalue weighted by Gasteiger charge is -2.46. The van der Waals surface area contributed by atoms with Gasteiger partial charge >= 0.3 is 5.97 Å². The standard InChI is InChI=1S/C24H26N2O3/c1-26-18-10-14-7-15(11-18)9-17(8-14)24(26)13-25-21-19-6-4-3-5-16(19)12-20(22(21)29-24)23(27)28-2/h3-6,12-15,17-18H,7-11H2,1-2H3/t14-,15+,17?,18?,24?. The highest BCUT2D eigenvalue weighted by molar-refractivity contribution is 6.06. The number of nitrogens with zero attached hydrogens (tertiary/aromatic N) is 2. The van der Waals surface area contributed by atoms with Crippen LogP contribution in [0.25, 0.3) is 10.8 Å². The first-order chi connectivity index (χ1) is 14.1. The van der Waals surface area contributed by atoms with Gasteiger partial charge in [-0.3, -0.25) is 9.89 Å². The molecule has 0 amide bonds. The van der Waals surface area contributed by atoms with E-state index >= 15 is 0 Å². The highest BCUT2D eigenvalue weighted by Gasteiger charge is 2.56. The molecule has 4 fully saturated rings. The first-order valence-corrected chi connectivity index (χ1v) is 10.7. The summed E-state index contributed by atoms with van der Waals surface area (Å²) < 4.78 is 12.0. The Hall–Kier alpha value is -2.40. The van der Waals surface area contributed by atoms with Crippen LogP contribution in [-0.4, -0.2) is 43.0 Å². The summed E-state index contributed by atoms with van der Waals surface area (Å²) in [6.45, 7) is 0. The minimum absolute atomic E-state index is 0.374. The first kappa shape index (κ1) is 17.5. The zero-order valence-electron chi connectivity index (χ0n) is 16.9. The van der Waals surface area contributed by atoms with Gasteiger partial charge in [0.1, 0.15) is 11.3 Å². The van der Waals surface area contributed by atoms with Crippen molar-refractivity contribution in [3.8, 4) is 5.75 Å². The smallest absolute Gasteiger partial charge is 0.341 e. The Morgan fingerprint density at radius 2 is 1.93 bits per heavy atom. The van der Waals surface area contributed by atoms with E-state index in [1.165, 1.54) is 39.2 Å². The summed E-state index contributed by atoms with van der Waals surface area (Å²) >= 11 is 0. The van der Waals surface area contributed by atoms with Crippen molar-refractivity contribution in [3.05, 3.63) is 35.9 Å². The maximum atomic E-state index is 12.7. The second-order valence-electron chi connectivity index (χ2n) is 9.30. The van der Waals surface area contributed by atoms with E-state index in [2.05, 4.69) is 11.9 Å². The number of rotatable bonds is 1. The molecule has 0 radical (unpaired) electrons. The molecule has 7 rings (SSSR count). The van der Waals surface area contributed by atoms with Crippen LogP contribution in [0.3, 0.4) is 0 Å².